The number of carbonyl (C=O) groups is 1. The monoisotopic (exact) mass is 445 g/mol. The van der Waals surface area contributed by atoms with E-state index in [2.05, 4.69) is 40.6 Å². The highest BCUT2D eigenvalue weighted by atomic mass is 19.1. The zero-order valence-electron chi connectivity index (χ0n) is 19.0. The number of rotatable bonds is 8. The minimum absolute atomic E-state index is 0.0626. The van der Waals surface area contributed by atoms with Gasteiger partial charge < -0.3 is 19.9 Å². The van der Waals surface area contributed by atoms with Gasteiger partial charge in [-0.3, -0.25) is 4.79 Å². The molecule has 3 aromatic carbocycles. The Morgan fingerprint density at radius 2 is 1.73 bits per heavy atom. The van der Waals surface area contributed by atoms with Gasteiger partial charge in [0.25, 0.3) is 5.91 Å². The number of carbonyl (C=O) groups excluding carboxylic acids is 1. The standard InChI is InChI=1S/C27H28FN3O2/c1-18(33-26-11-7-5-9-24(26)28)27(32)30-16-22(19-12-14-20(15-13-19)31(2)3)23-17-29-25-10-6-4-8-21(23)25/h4-15,17-18,22,29H,16H2,1-3H3,(H,30,32). The first-order valence-electron chi connectivity index (χ1n) is 11.0. The van der Waals surface area contributed by atoms with Crippen LogP contribution in [0.1, 0.15) is 24.0 Å². The molecule has 2 N–H and O–H groups in total. The van der Waals surface area contributed by atoms with Crippen molar-refractivity contribution in [2.75, 3.05) is 25.5 Å². The Bertz CT molecular complexity index is 1230. The van der Waals surface area contributed by atoms with Crippen molar-refractivity contribution in [2.24, 2.45) is 0 Å². The van der Waals surface area contributed by atoms with Crippen LogP contribution in [0.5, 0.6) is 5.75 Å². The van der Waals surface area contributed by atoms with Crippen molar-refractivity contribution in [3.8, 4) is 5.75 Å². The number of H-pyrrole nitrogens is 1. The number of amides is 1. The fourth-order valence-electron chi connectivity index (χ4n) is 3.93. The number of ether oxygens (including phenoxy) is 1. The maximum atomic E-state index is 13.9. The third-order valence-corrected chi connectivity index (χ3v) is 5.80. The summed E-state index contributed by atoms with van der Waals surface area (Å²) in [7, 11) is 4.01. The third-order valence-electron chi connectivity index (χ3n) is 5.80. The van der Waals surface area contributed by atoms with E-state index < -0.39 is 11.9 Å². The van der Waals surface area contributed by atoms with Crippen molar-refractivity contribution >= 4 is 22.5 Å². The maximum Gasteiger partial charge on any atom is 0.260 e. The van der Waals surface area contributed by atoms with Crippen LogP contribution in [-0.2, 0) is 4.79 Å². The minimum atomic E-state index is -0.832. The zero-order valence-corrected chi connectivity index (χ0v) is 19.0. The molecular formula is C27H28FN3O2. The lowest BCUT2D eigenvalue weighted by Gasteiger charge is -2.21. The Morgan fingerprint density at radius 3 is 2.45 bits per heavy atom. The average Bonchev–Trinajstić information content (AvgIpc) is 3.25. The Balaban J connectivity index is 1.56. The number of hydrogen-bond donors (Lipinski definition) is 2. The van der Waals surface area contributed by atoms with Gasteiger partial charge in [0.05, 0.1) is 0 Å². The van der Waals surface area contributed by atoms with Gasteiger partial charge >= 0.3 is 0 Å². The molecule has 0 aliphatic rings. The van der Waals surface area contributed by atoms with Crippen LogP contribution in [-0.4, -0.2) is 37.6 Å². The first-order valence-corrected chi connectivity index (χ1v) is 11.0. The lowest BCUT2D eigenvalue weighted by atomic mass is 9.90. The zero-order chi connectivity index (χ0) is 23.4. The molecule has 0 saturated heterocycles. The summed E-state index contributed by atoms with van der Waals surface area (Å²) >= 11 is 0. The van der Waals surface area contributed by atoms with E-state index in [0.29, 0.717) is 6.54 Å². The van der Waals surface area contributed by atoms with E-state index in [1.165, 1.54) is 12.1 Å². The van der Waals surface area contributed by atoms with Crippen LogP contribution in [0.3, 0.4) is 0 Å². The lowest BCUT2D eigenvalue weighted by Crippen LogP contribution is -2.38. The Hall–Kier alpha value is -3.80. The summed E-state index contributed by atoms with van der Waals surface area (Å²) < 4.78 is 19.5. The van der Waals surface area contributed by atoms with E-state index in [1.54, 1.807) is 19.1 Å². The molecule has 0 spiro atoms. The van der Waals surface area contributed by atoms with Crippen molar-refractivity contribution in [3.63, 3.8) is 0 Å². The van der Waals surface area contributed by atoms with Crippen LogP contribution in [0.25, 0.3) is 10.9 Å². The molecule has 1 heterocycles. The summed E-state index contributed by atoms with van der Waals surface area (Å²) in [6.07, 6.45) is 1.17. The summed E-state index contributed by atoms with van der Waals surface area (Å²) in [5.41, 5.74) is 4.34. The Morgan fingerprint density at radius 1 is 1.03 bits per heavy atom. The number of nitrogens with one attached hydrogen (secondary N) is 2. The van der Waals surface area contributed by atoms with Crippen molar-refractivity contribution in [3.05, 3.63) is 95.9 Å². The molecule has 170 valence electrons. The van der Waals surface area contributed by atoms with Gasteiger partial charge in [-0.15, -0.1) is 0 Å². The Kier molecular flexibility index (Phi) is 6.63. The van der Waals surface area contributed by atoms with Gasteiger partial charge in [0.2, 0.25) is 0 Å². The SMILES string of the molecule is CC(Oc1ccccc1F)C(=O)NCC(c1ccc(N(C)C)cc1)c1c[nH]c2ccccc12. The summed E-state index contributed by atoms with van der Waals surface area (Å²) in [6, 6.07) is 22.5. The van der Waals surface area contributed by atoms with Crippen LogP contribution in [0.2, 0.25) is 0 Å². The van der Waals surface area contributed by atoms with Gasteiger partial charge in [-0.05, 0) is 48.4 Å². The highest BCUT2D eigenvalue weighted by Gasteiger charge is 2.22. The molecule has 0 radical (unpaired) electrons. The van der Waals surface area contributed by atoms with Crippen LogP contribution in [0.4, 0.5) is 10.1 Å². The number of benzene rings is 3. The molecule has 0 bridgehead atoms. The summed E-state index contributed by atoms with van der Waals surface area (Å²) in [5.74, 6) is -0.794. The topological polar surface area (TPSA) is 57.4 Å². The molecule has 0 saturated carbocycles. The van der Waals surface area contributed by atoms with Crippen molar-refractivity contribution in [1.29, 1.82) is 0 Å². The molecule has 1 amide bonds. The fourth-order valence-corrected chi connectivity index (χ4v) is 3.93. The predicted molar refractivity (Wildman–Crippen MR) is 130 cm³/mol. The van der Waals surface area contributed by atoms with Gasteiger partial charge in [-0.25, -0.2) is 4.39 Å². The maximum absolute atomic E-state index is 13.9. The van der Waals surface area contributed by atoms with Crippen molar-refractivity contribution in [2.45, 2.75) is 18.9 Å². The molecule has 0 fully saturated rings. The highest BCUT2D eigenvalue weighted by Crippen LogP contribution is 2.31. The van der Waals surface area contributed by atoms with E-state index in [1.807, 2.05) is 43.4 Å². The molecular weight excluding hydrogens is 417 g/mol. The van der Waals surface area contributed by atoms with Gasteiger partial charge in [0.15, 0.2) is 17.7 Å². The van der Waals surface area contributed by atoms with Gasteiger partial charge in [-0.2, -0.15) is 0 Å². The molecule has 2 atom stereocenters. The average molecular weight is 446 g/mol. The predicted octanol–water partition coefficient (Wildman–Crippen LogP) is 5.09. The van der Waals surface area contributed by atoms with Crippen LogP contribution in [0.15, 0.2) is 79.0 Å². The van der Waals surface area contributed by atoms with Crippen LogP contribution in [0, 0.1) is 5.82 Å². The van der Waals surface area contributed by atoms with E-state index in [0.717, 1.165) is 27.7 Å². The van der Waals surface area contributed by atoms with Gasteiger partial charge in [0.1, 0.15) is 0 Å². The van der Waals surface area contributed by atoms with Gasteiger partial charge in [-0.1, -0.05) is 42.5 Å². The first-order chi connectivity index (χ1) is 15.9. The number of aromatic nitrogens is 1. The molecule has 4 aromatic rings. The summed E-state index contributed by atoms with van der Waals surface area (Å²) in [6.45, 7) is 2.00. The second kappa shape index (κ2) is 9.77. The number of aromatic amines is 1. The summed E-state index contributed by atoms with van der Waals surface area (Å²) in [4.78, 5) is 18.2. The normalized spacial score (nSPS) is 12.8. The number of fused-ring (bicyclic) bond motifs is 1. The molecule has 5 nitrogen and oxygen atoms in total. The van der Waals surface area contributed by atoms with Gasteiger partial charge in [0, 0.05) is 49.3 Å². The van der Waals surface area contributed by atoms with Crippen molar-refractivity contribution in [1.82, 2.24) is 10.3 Å². The number of hydrogen-bond acceptors (Lipinski definition) is 3. The second-order valence-electron chi connectivity index (χ2n) is 8.26. The lowest BCUT2D eigenvalue weighted by molar-refractivity contribution is -0.127. The smallest absolute Gasteiger partial charge is 0.260 e. The Labute approximate surface area is 193 Å². The van der Waals surface area contributed by atoms with E-state index in [4.69, 9.17) is 4.74 Å². The number of halogens is 1. The fraction of sp³-hybridized carbons (Fsp3) is 0.222. The molecule has 2 unspecified atom stereocenters. The molecule has 0 aliphatic heterocycles. The quantitative estimate of drug-likeness (QED) is 0.397. The number of para-hydroxylation sites is 2. The molecule has 4 rings (SSSR count). The van der Waals surface area contributed by atoms with E-state index in [-0.39, 0.29) is 17.6 Å². The molecule has 33 heavy (non-hydrogen) atoms. The van der Waals surface area contributed by atoms with Crippen LogP contribution >= 0.6 is 0 Å². The molecule has 0 aliphatic carbocycles. The molecule has 6 heteroatoms. The molecule has 1 aromatic heterocycles. The highest BCUT2D eigenvalue weighted by molar-refractivity contribution is 5.85. The number of anilines is 1. The van der Waals surface area contributed by atoms with Crippen LogP contribution < -0.4 is 15.0 Å². The van der Waals surface area contributed by atoms with E-state index >= 15 is 0 Å². The first kappa shape index (κ1) is 22.4. The minimum Gasteiger partial charge on any atom is -0.478 e. The van der Waals surface area contributed by atoms with Crippen molar-refractivity contribution < 1.29 is 13.9 Å². The van der Waals surface area contributed by atoms with E-state index in [9.17, 15) is 9.18 Å². The third kappa shape index (κ3) is 5.00. The number of nitrogens with zero attached hydrogens (tertiary/aromatic N) is 1. The largest absolute Gasteiger partial charge is 0.478 e. The second-order valence-corrected chi connectivity index (χ2v) is 8.26. The summed E-state index contributed by atoms with van der Waals surface area (Å²) in [5, 5.41) is 4.12.